The largest absolute Gasteiger partial charge is 0.273 e. The van der Waals surface area contributed by atoms with Crippen LogP contribution in [0.15, 0.2) is 5.10 Å². The first-order valence-electron chi connectivity index (χ1n) is 6.76. The Balaban J connectivity index is 2.59. The van der Waals surface area contributed by atoms with E-state index in [1.807, 2.05) is 0 Å². The molecule has 0 radical (unpaired) electrons. The monoisotopic (exact) mass is 238 g/mol. The van der Waals surface area contributed by atoms with E-state index in [2.05, 4.69) is 39.7 Å². The fourth-order valence-electron chi connectivity index (χ4n) is 2.02. The molecule has 0 aliphatic carbocycles. The molecule has 0 N–H and O–H groups in total. The molecule has 1 aliphatic rings. The molecule has 0 saturated carbocycles. The Bertz CT molecular complexity index is 302. The van der Waals surface area contributed by atoms with Gasteiger partial charge in [0.1, 0.15) is 0 Å². The molecular formula is C14H26N2O. The van der Waals surface area contributed by atoms with Crippen molar-refractivity contribution >= 4 is 11.6 Å². The van der Waals surface area contributed by atoms with Crippen LogP contribution in [0.1, 0.15) is 66.7 Å². The summed E-state index contributed by atoms with van der Waals surface area (Å²) in [6.07, 6.45) is 5.20. The molecule has 0 saturated heterocycles. The van der Waals surface area contributed by atoms with Gasteiger partial charge in [0.05, 0.1) is 18.2 Å². The summed E-state index contributed by atoms with van der Waals surface area (Å²) in [5.74, 6) is 0.166. The first-order valence-corrected chi connectivity index (χ1v) is 6.76. The summed E-state index contributed by atoms with van der Waals surface area (Å²) in [7, 11) is 0. The van der Waals surface area contributed by atoms with Crippen LogP contribution in [-0.4, -0.2) is 22.7 Å². The zero-order chi connectivity index (χ0) is 13.1. The Morgan fingerprint density at radius 2 is 2.00 bits per heavy atom. The summed E-state index contributed by atoms with van der Waals surface area (Å²) in [4.78, 5) is 11.9. The molecule has 1 rings (SSSR count). The third-order valence-corrected chi connectivity index (χ3v) is 3.31. The van der Waals surface area contributed by atoms with Crippen LogP contribution >= 0.6 is 0 Å². The Morgan fingerprint density at radius 3 is 2.47 bits per heavy atom. The number of nitrogens with zero attached hydrogens (tertiary/aromatic N) is 2. The van der Waals surface area contributed by atoms with Gasteiger partial charge in [-0.3, -0.25) is 4.79 Å². The van der Waals surface area contributed by atoms with Gasteiger partial charge in [-0.2, -0.15) is 5.10 Å². The van der Waals surface area contributed by atoms with Crippen LogP contribution in [0.3, 0.4) is 0 Å². The maximum Gasteiger partial charge on any atom is 0.248 e. The molecule has 1 atom stereocenters. The summed E-state index contributed by atoms with van der Waals surface area (Å²) in [5, 5.41) is 6.22. The van der Waals surface area contributed by atoms with Gasteiger partial charge in [0.15, 0.2) is 0 Å². The predicted octanol–water partition coefficient (Wildman–Crippen LogP) is 3.59. The van der Waals surface area contributed by atoms with Crippen LogP contribution < -0.4 is 0 Å². The second-order valence-electron chi connectivity index (χ2n) is 6.06. The Labute approximate surface area is 105 Å². The minimum absolute atomic E-state index is 0.00749. The van der Waals surface area contributed by atoms with E-state index in [0.717, 1.165) is 12.1 Å². The Hall–Kier alpha value is -0.860. The minimum atomic E-state index is 0.00749. The van der Waals surface area contributed by atoms with E-state index < -0.39 is 0 Å². The lowest BCUT2D eigenvalue weighted by atomic mass is 9.88. The van der Waals surface area contributed by atoms with E-state index in [9.17, 15) is 4.79 Å². The lowest BCUT2D eigenvalue weighted by Crippen LogP contribution is -2.30. The van der Waals surface area contributed by atoms with E-state index in [-0.39, 0.29) is 17.4 Å². The number of carbonyl (C=O) groups excluding carboxylic acids is 1. The standard InChI is InChI=1S/C14H26N2O/c1-6-7-8-9-11(2)16-13(17)10-12(15-16)14(3,4)5/h11H,6-10H2,1-5H3/t11-/m1/s1. The van der Waals surface area contributed by atoms with E-state index in [4.69, 9.17) is 0 Å². The van der Waals surface area contributed by atoms with Gasteiger partial charge in [0.2, 0.25) is 5.91 Å². The molecule has 3 nitrogen and oxygen atoms in total. The number of hydrogen-bond donors (Lipinski definition) is 0. The molecule has 0 unspecified atom stereocenters. The Kier molecular flexibility index (Phi) is 4.72. The lowest BCUT2D eigenvalue weighted by Gasteiger charge is -2.21. The zero-order valence-electron chi connectivity index (χ0n) is 11.9. The van der Waals surface area contributed by atoms with Gasteiger partial charge in [0, 0.05) is 5.41 Å². The van der Waals surface area contributed by atoms with Crippen LogP contribution in [0.4, 0.5) is 0 Å². The fraction of sp³-hybridized carbons (Fsp3) is 0.857. The second kappa shape index (κ2) is 5.65. The number of unbranched alkanes of at least 4 members (excludes halogenated alkanes) is 2. The van der Waals surface area contributed by atoms with Crippen LogP contribution in [0.2, 0.25) is 0 Å². The predicted molar refractivity (Wildman–Crippen MR) is 72.0 cm³/mol. The van der Waals surface area contributed by atoms with Crippen molar-refractivity contribution in [2.75, 3.05) is 0 Å². The van der Waals surface area contributed by atoms with Gasteiger partial charge < -0.3 is 0 Å². The van der Waals surface area contributed by atoms with Crippen molar-refractivity contribution in [3.63, 3.8) is 0 Å². The number of amides is 1. The van der Waals surface area contributed by atoms with Crippen molar-refractivity contribution < 1.29 is 4.79 Å². The van der Waals surface area contributed by atoms with E-state index in [1.165, 1.54) is 19.3 Å². The molecule has 1 amide bonds. The molecule has 1 heterocycles. The van der Waals surface area contributed by atoms with Crippen LogP contribution in [0.5, 0.6) is 0 Å². The van der Waals surface area contributed by atoms with Crippen molar-refractivity contribution in [2.24, 2.45) is 10.5 Å². The average Bonchev–Trinajstić information content (AvgIpc) is 2.60. The number of carbonyl (C=O) groups is 1. The molecule has 98 valence electrons. The van der Waals surface area contributed by atoms with E-state index in [0.29, 0.717) is 6.42 Å². The SMILES string of the molecule is CCCCC[C@@H](C)N1N=C(C(C)(C)C)CC1=O. The fourth-order valence-corrected chi connectivity index (χ4v) is 2.02. The summed E-state index contributed by atoms with van der Waals surface area (Å²) in [6.45, 7) is 10.6. The van der Waals surface area contributed by atoms with Crippen molar-refractivity contribution in [3.05, 3.63) is 0 Å². The molecule has 3 heteroatoms. The van der Waals surface area contributed by atoms with Crippen LogP contribution in [-0.2, 0) is 4.79 Å². The average molecular weight is 238 g/mol. The maximum absolute atomic E-state index is 11.9. The maximum atomic E-state index is 11.9. The normalized spacial score (nSPS) is 18.5. The molecule has 1 aliphatic heterocycles. The van der Waals surface area contributed by atoms with Crippen molar-refractivity contribution in [1.29, 1.82) is 0 Å². The van der Waals surface area contributed by atoms with Gasteiger partial charge >= 0.3 is 0 Å². The molecule has 0 aromatic carbocycles. The quantitative estimate of drug-likeness (QED) is 0.674. The Morgan fingerprint density at radius 1 is 1.35 bits per heavy atom. The van der Waals surface area contributed by atoms with Gasteiger partial charge in [-0.1, -0.05) is 47.0 Å². The molecule has 0 spiro atoms. The minimum Gasteiger partial charge on any atom is -0.273 e. The van der Waals surface area contributed by atoms with Gasteiger partial charge in [0.25, 0.3) is 0 Å². The highest BCUT2D eigenvalue weighted by molar-refractivity contribution is 6.07. The number of hydrazone groups is 1. The summed E-state index contributed by atoms with van der Waals surface area (Å²) >= 11 is 0. The third-order valence-electron chi connectivity index (χ3n) is 3.31. The number of hydrogen-bond acceptors (Lipinski definition) is 2. The second-order valence-corrected chi connectivity index (χ2v) is 6.06. The topological polar surface area (TPSA) is 32.7 Å². The number of rotatable bonds is 5. The molecule has 0 aromatic rings. The van der Waals surface area contributed by atoms with Gasteiger partial charge in [-0.05, 0) is 13.3 Å². The van der Waals surface area contributed by atoms with Crippen molar-refractivity contribution in [3.8, 4) is 0 Å². The lowest BCUT2D eigenvalue weighted by molar-refractivity contribution is -0.130. The first kappa shape index (κ1) is 14.2. The molecular weight excluding hydrogens is 212 g/mol. The van der Waals surface area contributed by atoms with E-state index >= 15 is 0 Å². The van der Waals surface area contributed by atoms with Crippen LogP contribution in [0, 0.1) is 5.41 Å². The summed E-state index contributed by atoms with van der Waals surface area (Å²) in [5.41, 5.74) is 1.03. The van der Waals surface area contributed by atoms with Crippen molar-refractivity contribution in [1.82, 2.24) is 5.01 Å². The highest BCUT2D eigenvalue weighted by atomic mass is 16.2. The van der Waals surface area contributed by atoms with Crippen LogP contribution in [0.25, 0.3) is 0 Å². The van der Waals surface area contributed by atoms with Gasteiger partial charge in [-0.15, -0.1) is 0 Å². The highest BCUT2D eigenvalue weighted by Crippen LogP contribution is 2.26. The van der Waals surface area contributed by atoms with Gasteiger partial charge in [-0.25, -0.2) is 5.01 Å². The van der Waals surface area contributed by atoms with E-state index in [1.54, 1.807) is 5.01 Å². The molecule has 0 fully saturated rings. The highest BCUT2D eigenvalue weighted by Gasteiger charge is 2.33. The zero-order valence-corrected chi connectivity index (χ0v) is 11.9. The smallest absolute Gasteiger partial charge is 0.248 e. The molecule has 0 aromatic heterocycles. The summed E-state index contributed by atoms with van der Waals surface area (Å²) < 4.78 is 0. The summed E-state index contributed by atoms with van der Waals surface area (Å²) in [6, 6.07) is 0.244. The third kappa shape index (κ3) is 3.83. The van der Waals surface area contributed by atoms with Crippen molar-refractivity contribution in [2.45, 2.75) is 72.8 Å². The first-order chi connectivity index (χ1) is 7.86. The molecule has 0 bridgehead atoms. The molecule has 17 heavy (non-hydrogen) atoms.